The topological polar surface area (TPSA) is 57.9 Å². The summed E-state index contributed by atoms with van der Waals surface area (Å²) >= 11 is 0. The summed E-state index contributed by atoms with van der Waals surface area (Å²) in [6.45, 7) is 2.65. The summed E-state index contributed by atoms with van der Waals surface area (Å²) in [7, 11) is 0. The molecule has 2 unspecified atom stereocenters. The van der Waals surface area contributed by atoms with Gasteiger partial charge in [0, 0.05) is 18.3 Å². The Kier molecular flexibility index (Phi) is 4.36. The van der Waals surface area contributed by atoms with Crippen molar-refractivity contribution in [3.63, 3.8) is 0 Å². The molecule has 0 aliphatic carbocycles. The molecule has 1 aromatic heterocycles. The third-order valence-electron chi connectivity index (χ3n) is 3.95. The minimum Gasteiger partial charge on any atom is -0.373 e. The summed E-state index contributed by atoms with van der Waals surface area (Å²) in [6.07, 6.45) is 1.90. The summed E-state index contributed by atoms with van der Waals surface area (Å²) in [5, 5.41) is 12.6. The van der Waals surface area contributed by atoms with Crippen molar-refractivity contribution in [3.8, 4) is 6.07 Å². The van der Waals surface area contributed by atoms with E-state index in [4.69, 9.17) is 4.74 Å². The first-order valence-electron chi connectivity index (χ1n) is 7.57. The molecular weight excluding hydrogens is 274 g/mol. The first-order chi connectivity index (χ1) is 10.8. The molecule has 1 aliphatic heterocycles. The molecule has 4 heteroatoms. The van der Waals surface area contributed by atoms with Gasteiger partial charge in [-0.1, -0.05) is 30.3 Å². The minimum absolute atomic E-state index is 0.0998. The van der Waals surface area contributed by atoms with E-state index in [1.807, 2.05) is 37.3 Å². The summed E-state index contributed by atoms with van der Waals surface area (Å²) in [6, 6.07) is 16.4. The normalized spacial score (nSPS) is 21.1. The van der Waals surface area contributed by atoms with E-state index in [-0.39, 0.29) is 12.1 Å². The SMILES string of the molecule is Cc1ccc(C#N)c(NC2CCOC(c3ccccc3)C2)n1. The average molecular weight is 293 g/mol. The highest BCUT2D eigenvalue weighted by Crippen LogP contribution is 2.29. The Labute approximate surface area is 130 Å². The van der Waals surface area contributed by atoms with Gasteiger partial charge >= 0.3 is 0 Å². The maximum atomic E-state index is 9.21. The van der Waals surface area contributed by atoms with Gasteiger partial charge in [-0.3, -0.25) is 0 Å². The number of benzene rings is 1. The third-order valence-corrected chi connectivity index (χ3v) is 3.95. The van der Waals surface area contributed by atoms with E-state index in [1.54, 1.807) is 0 Å². The van der Waals surface area contributed by atoms with E-state index >= 15 is 0 Å². The number of ether oxygens (including phenoxy) is 1. The second kappa shape index (κ2) is 6.59. The van der Waals surface area contributed by atoms with Crippen LogP contribution in [0.15, 0.2) is 42.5 Å². The predicted molar refractivity (Wildman–Crippen MR) is 85.5 cm³/mol. The lowest BCUT2D eigenvalue weighted by atomic mass is 9.97. The molecule has 3 rings (SSSR count). The molecule has 0 spiro atoms. The van der Waals surface area contributed by atoms with Crippen LogP contribution >= 0.6 is 0 Å². The molecule has 1 aliphatic rings. The van der Waals surface area contributed by atoms with Gasteiger partial charge in [0.15, 0.2) is 0 Å². The Morgan fingerprint density at radius 2 is 2.05 bits per heavy atom. The van der Waals surface area contributed by atoms with Gasteiger partial charge in [-0.25, -0.2) is 4.98 Å². The maximum Gasteiger partial charge on any atom is 0.144 e. The molecule has 1 fully saturated rings. The van der Waals surface area contributed by atoms with E-state index in [0.717, 1.165) is 18.5 Å². The number of hydrogen-bond donors (Lipinski definition) is 1. The van der Waals surface area contributed by atoms with Crippen LogP contribution < -0.4 is 5.32 Å². The van der Waals surface area contributed by atoms with Crippen LogP contribution in [0.25, 0.3) is 0 Å². The Morgan fingerprint density at radius 3 is 2.82 bits per heavy atom. The van der Waals surface area contributed by atoms with E-state index in [0.29, 0.717) is 18.0 Å². The lowest BCUT2D eigenvalue weighted by molar-refractivity contribution is 0.00974. The highest BCUT2D eigenvalue weighted by atomic mass is 16.5. The van der Waals surface area contributed by atoms with Crippen LogP contribution in [0.3, 0.4) is 0 Å². The van der Waals surface area contributed by atoms with E-state index < -0.39 is 0 Å². The zero-order valence-corrected chi connectivity index (χ0v) is 12.6. The molecule has 1 aromatic carbocycles. The average Bonchev–Trinajstić information content (AvgIpc) is 2.56. The molecule has 2 aromatic rings. The molecule has 0 radical (unpaired) electrons. The van der Waals surface area contributed by atoms with Crippen LogP contribution in [0.2, 0.25) is 0 Å². The van der Waals surface area contributed by atoms with Gasteiger partial charge in [0.25, 0.3) is 0 Å². The number of aromatic nitrogens is 1. The Hall–Kier alpha value is -2.38. The molecule has 2 atom stereocenters. The number of pyridine rings is 1. The van der Waals surface area contributed by atoms with Crippen LogP contribution in [0.1, 0.15) is 35.8 Å². The second-order valence-corrected chi connectivity index (χ2v) is 5.60. The molecule has 1 N–H and O–H groups in total. The molecule has 2 heterocycles. The molecule has 22 heavy (non-hydrogen) atoms. The van der Waals surface area contributed by atoms with Crippen molar-refractivity contribution >= 4 is 5.82 Å². The van der Waals surface area contributed by atoms with Crippen molar-refractivity contribution < 1.29 is 4.74 Å². The third kappa shape index (κ3) is 3.26. The van der Waals surface area contributed by atoms with Gasteiger partial charge < -0.3 is 10.1 Å². The fourth-order valence-corrected chi connectivity index (χ4v) is 2.78. The number of aryl methyl sites for hydroxylation is 1. The predicted octanol–water partition coefficient (Wildman–Crippen LogP) is 3.59. The zero-order valence-electron chi connectivity index (χ0n) is 12.6. The van der Waals surface area contributed by atoms with Gasteiger partial charge in [-0.05, 0) is 37.5 Å². The number of anilines is 1. The van der Waals surface area contributed by atoms with Crippen LogP contribution in [-0.4, -0.2) is 17.6 Å². The van der Waals surface area contributed by atoms with Gasteiger partial charge in [0.05, 0.1) is 11.7 Å². The molecule has 1 saturated heterocycles. The van der Waals surface area contributed by atoms with E-state index in [1.165, 1.54) is 5.56 Å². The van der Waals surface area contributed by atoms with Crippen molar-refractivity contribution in [2.45, 2.75) is 31.9 Å². The smallest absolute Gasteiger partial charge is 0.144 e. The number of nitrogens with one attached hydrogen (secondary N) is 1. The number of nitrogens with zero attached hydrogens (tertiary/aromatic N) is 2. The van der Waals surface area contributed by atoms with Gasteiger partial charge in [-0.2, -0.15) is 5.26 Å². The quantitative estimate of drug-likeness (QED) is 0.939. The summed E-state index contributed by atoms with van der Waals surface area (Å²) in [5.74, 6) is 0.682. The first-order valence-corrected chi connectivity index (χ1v) is 7.57. The van der Waals surface area contributed by atoms with Gasteiger partial charge in [-0.15, -0.1) is 0 Å². The highest BCUT2D eigenvalue weighted by molar-refractivity contribution is 5.52. The fraction of sp³-hybridized carbons (Fsp3) is 0.333. The minimum atomic E-state index is 0.0998. The molecule has 0 saturated carbocycles. The standard InChI is InChI=1S/C18H19N3O/c1-13-7-8-15(12-19)18(20-13)21-16-9-10-22-17(11-16)14-5-3-2-4-6-14/h2-8,16-17H,9-11H2,1H3,(H,20,21). The van der Waals surface area contributed by atoms with Crippen molar-refractivity contribution in [1.82, 2.24) is 4.98 Å². The highest BCUT2D eigenvalue weighted by Gasteiger charge is 2.24. The molecule has 0 bridgehead atoms. The van der Waals surface area contributed by atoms with Crippen LogP contribution in [-0.2, 0) is 4.74 Å². The lowest BCUT2D eigenvalue weighted by Crippen LogP contribution is -2.30. The van der Waals surface area contributed by atoms with Gasteiger partial charge in [0.1, 0.15) is 11.9 Å². The van der Waals surface area contributed by atoms with Crippen molar-refractivity contribution in [3.05, 3.63) is 59.3 Å². The second-order valence-electron chi connectivity index (χ2n) is 5.60. The lowest BCUT2D eigenvalue weighted by Gasteiger charge is -2.31. The van der Waals surface area contributed by atoms with E-state index in [2.05, 4.69) is 28.5 Å². The number of hydrogen-bond acceptors (Lipinski definition) is 4. The van der Waals surface area contributed by atoms with Crippen molar-refractivity contribution in [1.29, 1.82) is 5.26 Å². The monoisotopic (exact) mass is 293 g/mol. The number of nitriles is 1. The van der Waals surface area contributed by atoms with E-state index in [9.17, 15) is 5.26 Å². The van der Waals surface area contributed by atoms with Crippen LogP contribution in [0.5, 0.6) is 0 Å². The maximum absolute atomic E-state index is 9.21. The largest absolute Gasteiger partial charge is 0.373 e. The van der Waals surface area contributed by atoms with Gasteiger partial charge in [0.2, 0.25) is 0 Å². The van der Waals surface area contributed by atoms with Crippen molar-refractivity contribution in [2.75, 3.05) is 11.9 Å². The zero-order chi connectivity index (χ0) is 15.4. The molecular formula is C18H19N3O. The van der Waals surface area contributed by atoms with Crippen molar-refractivity contribution in [2.24, 2.45) is 0 Å². The summed E-state index contributed by atoms with van der Waals surface area (Å²) < 4.78 is 5.89. The Morgan fingerprint density at radius 1 is 1.23 bits per heavy atom. The van der Waals surface area contributed by atoms with Crippen LogP contribution in [0.4, 0.5) is 5.82 Å². The molecule has 112 valence electrons. The first kappa shape index (κ1) is 14.6. The van der Waals surface area contributed by atoms with Crippen LogP contribution in [0, 0.1) is 18.3 Å². The summed E-state index contributed by atoms with van der Waals surface area (Å²) in [4.78, 5) is 4.46. The molecule has 4 nitrogen and oxygen atoms in total. The summed E-state index contributed by atoms with van der Waals surface area (Å²) in [5.41, 5.74) is 2.70. The fourth-order valence-electron chi connectivity index (χ4n) is 2.78. The number of rotatable bonds is 3. The molecule has 0 amide bonds. The Balaban J connectivity index is 1.74. The Bertz CT molecular complexity index is 678.